The van der Waals surface area contributed by atoms with E-state index < -0.39 is 5.97 Å². The Labute approximate surface area is 152 Å². The summed E-state index contributed by atoms with van der Waals surface area (Å²) in [6.45, 7) is 4.98. The quantitative estimate of drug-likeness (QED) is 0.614. The van der Waals surface area contributed by atoms with Crippen LogP contribution in [0.15, 0.2) is 67.3 Å². The summed E-state index contributed by atoms with van der Waals surface area (Å²) in [7, 11) is 0. The molecule has 0 saturated heterocycles. The smallest absolute Gasteiger partial charge is 0.338 e. The van der Waals surface area contributed by atoms with E-state index in [0.29, 0.717) is 23.5 Å². The van der Waals surface area contributed by atoms with Crippen molar-refractivity contribution < 1.29 is 19.1 Å². The van der Waals surface area contributed by atoms with E-state index in [2.05, 4.69) is 11.9 Å². The average Bonchev–Trinajstić information content (AvgIpc) is 2.64. The van der Waals surface area contributed by atoms with Crippen LogP contribution in [0.3, 0.4) is 0 Å². The summed E-state index contributed by atoms with van der Waals surface area (Å²) in [5.74, 6) is -1.16. The molecule has 2 amide bonds. The molecule has 0 fully saturated rings. The SMILES string of the molecule is C=CCN(C(=O)COC(=O)c1ccc(NC(C)=O)cc1)c1ccccc1. The number of nitrogens with zero attached hydrogens (tertiary/aromatic N) is 1. The fourth-order valence-electron chi connectivity index (χ4n) is 2.27. The van der Waals surface area contributed by atoms with Crippen molar-refractivity contribution in [2.45, 2.75) is 6.92 Å². The number of hydrogen-bond acceptors (Lipinski definition) is 4. The van der Waals surface area contributed by atoms with E-state index in [9.17, 15) is 14.4 Å². The fourth-order valence-corrected chi connectivity index (χ4v) is 2.27. The zero-order valence-corrected chi connectivity index (χ0v) is 14.5. The lowest BCUT2D eigenvalue weighted by molar-refractivity contribution is -0.121. The van der Waals surface area contributed by atoms with Crippen molar-refractivity contribution in [3.05, 3.63) is 72.8 Å². The van der Waals surface area contributed by atoms with Crippen molar-refractivity contribution in [1.29, 1.82) is 0 Å². The van der Waals surface area contributed by atoms with Gasteiger partial charge >= 0.3 is 5.97 Å². The van der Waals surface area contributed by atoms with Crippen molar-refractivity contribution in [3.63, 3.8) is 0 Å². The number of esters is 1. The minimum Gasteiger partial charge on any atom is -0.452 e. The largest absolute Gasteiger partial charge is 0.452 e. The normalized spacial score (nSPS) is 9.88. The van der Waals surface area contributed by atoms with Crippen molar-refractivity contribution in [3.8, 4) is 0 Å². The predicted octanol–water partition coefficient (Wildman–Crippen LogP) is 3.02. The molecule has 0 aliphatic rings. The Hall–Kier alpha value is -3.41. The van der Waals surface area contributed by atoms with Crippen LogP contribution in [0, 0.1) is 0 Å². The van der Waals surface area contributed by atoms with Crippen LogP contribution >= 0.6 is 0 Å². The van der Waals surface area contributed by atoms with E-state index in [-0.39, 0.29) is 18.4 Å². The first kappa shape index (κ1) is 18.9. The number of nitrogens with one attached hydrogen (secondary N) is 1. The molecule has 0 unspecified atom stereocenters. The van der Waals surface area contributed by atoms with Crippen LogP contribution in [0.25, 0.3) is 0 Å². The van der Waals surface area contributed by atoms with Gasteiger partial charge in [0.15, 0.2) is 6.61 Å². The van der Waals surface area contributed by atoms with E-state index in [1.54, 1.807) is 30.3 Å². The molecular weight excluding hydrogens is 332 g/mol. The second kappa shape index (κ2) is 9.17. The first-order valence-corrected chi connectivity index (χ1v) is 8.02. The number of hydrogen-bond donors (Lipinski definition) is 1. The molecule has 2 rings (SSSR count). The molecule has 26 heavy (non-hydrogen) atoms. The van der Waals surface area contributed by atoms with E-state index in [4.69, 9.17) is 4.74 Å². The van der Waals surface area contributed by atoms with Crippen LogP contribution in [0.4, 0.5) is 11.4 Å². The molecule has 2 aromatic carbocycles. The Balaban J connectivity index is 1.97. The lowest BCUT2D eigenvalue weighted by Crippen LogP contribution is -2.34. The summed E-state index contributed by atoms with van der Waals surface area (Å²) in [6, 6.07) is 15.3. The summed E-state index contributed by atoms with van der Waals surface area (Å²) in [6.07, 6.45) is 1.60. The number of benzene rings is 2. The van der Waals surface area contributed by atoms with Gasteiger partial charge in [-0.05, 0) is 36.4 Å². The van der Waals surface area contributed by atoms with Crippen LogP contribution in [-0.2, 0) is 14.3 Å². The molecule has 0 atom stereocenters. The molecule has 0 heterocycles. The number of ether oxygens (including phenoxy) is 1. The van der Waals surface area contributed by atoms with E-state index >= 15 is 0 Å². The van der Waals surface area contributed by atoms with Crippen molar-refractivity contribution in [2.75, 3.05) is 23.4 Å². The highest BCUT2D eigenvalue weighted by molar-refractivity contribution is 5.97. The van der Waals surface area contributed by atoms with Gasteiger partial charge < -0.3 is 15.0 Å². The molecule has 0 spiro atoms. The van der Waals surface area contributed by atoms with Crippen LogP contribution < -0.4 is 10.2 Å². The summed E-state index contributed by atoms with van der Waals surface area (Å²) < 4.78 is 5.11. The minimum atomic E-state index is -0.612. The van der Waals surface area contributed by atoms with Gasteiger partial charge in [0.05, 0.1) is 5.56 Å². The second-order valence-electron chi connectivity index (χ2n) is 5.46. The molecule has 0 bridgehead atoms. The molecule has 134 valence electrons. The fraction of sp³-hybridized carbons (Fsp3) is 0.150. The summed E-state index contributed by atoms with van der Waals surface area (Å²) in [5.41, 5.74) is 1.57. The monoisotopic (exact) mass is 352 g/mol. The predicted molar refractivity (Wildman–Crippen MR) is 100 cm³/mol. The van der Waals surface area contributed by atoms with Gasteiger partial charge in [0.25, 0.3) is 5.91 Å². The summed E-state index contributed by atoms with van der Waals surface area (Å²) in [5, 5.41) is 2.61. The molecule has 0 radical (unpaired) electrons. The maximum absolute atomic E-state index is 12.4. The van der Waals surface area contributed by atoms with Gasteiger partial charge in [-0.25, -0.2) is 4.79 Å². The molecule has 6 heteroatoms. The van der Waals surface area contributed by atoms with Gasteiger partial charge in [-0.3, -0.25) is 9.59 Å². The van der Waals surface area contributed by atoms with Crippen molar-refractivity contribution >= 4 is 29.2 Å². The van der Waals surface area contributed by atoms with E-state index in [1.165, 1.54) is 24.0 Å². The molecule has 0 saturated carbocycles. The van der Waals surface area contributed by atoms with Crippen LogP contribution in [0.1, 0.15) is 17.3 Å². The van der Waals surface area contributed by atoms with Gasteiger partial charge in [-0.2, -0.15) is 0 Å². The number of anilines is 2. The maximum Gasteiger partial charge on any atom is 0.338 e. The highest BCUT2D eigenvalue weighted by Crippen LogP contribution is 2.14. The van der Waals surface area contributed by atoms with Crippen LogP contribution in [-0.4, -0.2) is 30.9 Å². The topological polar surface area (TPSA) is 75.7 Å². The molecule has 1 N–H and O–H groups in total. The third-order valence-electron chi connectivity index (χ3n) is 3.45. The standard InChI is InChI=1S/C20H20N2O4/c1-3-13-22(18-7-5-4-6-8-18)19(24)14-26-20(25)16-9-11-17(12-10-16)21-15(2)23/h3-12H,1,13-14H2,2H3,(H,21,23). The van der Waals surface area contributed by atoms with Crippen molar-refractivity contribution in [2.24, 2.45) is 0 Å². The first-order chi connectivity index (χ1) is 12.5. The highest BCUT2D eigenvalue weighted by Gasteiger charge is 2.17. The van der Waals surface area contributed by atoms with Gasteiger partial charge in [-0.15, -0.1) is 6.58 Å². The third kappa shape index (κ3) is 5.31. The Morgan fingerprint density at radius 1 is 1.08 bits per heavy atom. The number of carbonyl (C=O) groups excluding carboxylic acids is 3. The van der Waals surface area contributed by atoms with E-state index in [1.807, 2.05) is 18.2 Å². The number of rotatable bonds is 7. The molecule has 0 aromatic heterocycles. The summed E-state index contributed by atoms with van der Waals surface area (Å²) >= 11 is 0. The number of para-hydroxylation sites is 1. The molecule has 0 aliphatic carbocycles. The van der Waals surface area contributed by atoms with Gasteiger partial charge in [-0.1, -0.05) is 24.3 Å². The van der Waals surface area contributed by atoms with Crippen molar-refractivity contribution in [1.82, 2.24) is 0 Å². The third-order valence-corrected chi connectivity index (χ3v) is 3.45. The first-order valence-electron chi connectivity index (χ1n) is 8.02. The maximum atomic E-state index is 12.4. The Bertz CT molecular complexity index is 785. The van der Waals surface area contributed by atoms with Crippen LogP contribution in [0.5, 0.6) is 0 Å². The van der Waals surface area contributed by atoms with Crippen LogP contribution in [0.2, 0.25) is 0 Å². The highest BCUT2D eigenvalue weighted by atomic mass is 16.5. The Kier molecular flexibility index (Phi) is 6.68. The number of carbonyl (C=O) groups is 3. The summed E-state index contributed by atoms with van der Waals surface area (Å²) in [4.78, 5) is 37.0. The molecular formula is C20H20N2O4. The molecule has 2 aromatic rings. The zero-order chi connectivity index (χ0) is 18.9. The molecule has 0 aliphatic heterocycles. The Morgan fingerprint density at radius 2 is 1.73 bits per heavy atom. The van der Waals surface area contributed by atoms with Gasteiger partial charge in [0.2, 0.25) is 5.91 Å². The minimum absolute atomic E-state index is 0.200. The Morgan fingerprint density at radius 3 is 2.31 bits per heavy atom. The number of amides is 2. The lowest BCUT2D eigenvalue weighted by Gasteiger charge is -2.21. The zero-order valence-electron chi connectivity index (χ0n) is 14.5. The average molecular weight is 352 g/mol. The van der Waals surface area contributed by atoms with E-state index in [0.717, 1.165) is 0 Å². The van der Waals surface area contributed by atoms with Gasteiger partial charge in [0.1, 0.15) is 0 Å². The lowest BCUT2D eigenvalue weighted by atomic mass is 10.2. The second-order valence-corrected chi connectivity index (χ2v) is 5.46. The molecule has 6 nitrogen and oxygen atoms in total. The van der Waals surface area contributed by atoms with Gasteiger partial charge in [0, 0.05) is 24.8 Å².